The number of hydrogen-bond acceptors (Lipinski definition) is 2. The van der Waals surface area contributed by atoms with Crippen molar-refractivity contribution in [1.82, 2.24) is 5.32 Å². The van der Waals surface area contributed by atoms with Crippen molar-refractivity contribution in [3.63, 3.8) is 0 Å². The van der Waals surface area contributed by atoms with Gasteiger partial charge in [0, 0.05) is 11.4 Å². The zero-order valence-corrected chi connectivity index (χ0v) is 13.7. The lowest BCUT2D eigenvalue weighted by atomic mass is 9.71. The first-order valence-corrected chi connectivity index (χ1v) is 8.74. The van der Waals surface area contributed by atoms with Crippen LogP contribution in [0.3, 0.4) is 0 Å². The molecule has 1 aliphatic carbocycles. The number of thiophene rings is 1. The molecule has 0 atom stereocenters. The summed E-state index contributed by atoms with van der Waals surface area (Å²) in [6, 6.07) is 4.26. The zero-order chi connectivity index (χ0) is 13.7. The van der Waals surface area contributed by atoms with Crippen LogP contribution < -0.4 is 5.32 Å². The molecule has 19 heavy (non-hydrogen) atoms. The third-order valence-corrected chi connectivity index (χ3v) is 5.38. The van der Waals surface area contributed by atoms with Gasteiger partial charge in [-0.05, 0) is 49.3 Å². The predicted octanol–water partition coefficient (Wildman–Crippen LogP) is 5.14. The van der Waals surface area contributed by atoms with E-state index in [-0.39, 0.29) is 0 Å². The third kappa shape index (κ3) is 4.77. The van der Waals surface area contributed by atoms with E-state index in [2.05, 4.69) is 25.2 Å². The summed E-state index contributed by atoms with van der Waals surface area (Å²) in [5.41, 5.74) is 0.474. The Bertz CT molecular complexity index is 380. The van der Waals surface area contributed by atoms with E-state index in [1.807, 2.05) is 6.07 Å². The van der Waals surface area contributed by atoms with Crippen molar-refractivity contribution in [1.29, 1.82) is 0 Å². The van der Waals surface area contributed by atoms with E-state index in [1.165, 1.54) is 49.9 Å². The SMILES string of the molecule is CC(C)CNCC1(Cc2ccc(Cl)s2)CCCCC1. The van der Waals surface area contributed by atoms with Crippen molar-refractivity contribution >= 4 is 22.9 Å². The molecule has 1 saturated carbocycles. The molecule has 0 radical (unpaired) electrons. The first kappa shape index (κ1) is 15.3. The van der Waals surface area contributed by atoms with Crippen LogP contribution in [0.4, 0.5) is 0 Å². The van der Waals surface area contributed by atoms with Crippen molar-refractivity contribution in [3.05, 3.63) is 21.3 Å². The number of nitrogens with one attached hydrogen (secondary N) is 1. The normalized spacial score (nSPS) is 18.9. The van der Waals surface area contributed by atoms with Gasteiger partial charge in [0.1, 0.15) is 0 Å². The lowest BCUT2D eigenvalue weighted by Crippen LogP contribution is -2.39. The van der Waals surface area contributed by atoms with E-state index >= 15 is 0 Å². The number of halogens is 1. The summed E-state index contributed by atoms with van der Waals surface area (Å²) in [6.45, 7) is 6.85. The minimum absolute atomic E-state index is 0.474. The maximum absolute atomic E-state index is 6.07. The van der Waals surface area contributed by atoms with Gasteiger partial charge in [-0.2, -0.15) is 0 Å². The second-order valence-corrected chi connectivity index (χ2v) is 8.27. The zero-order valence-electron chi connectivity index (χ0n) is 12.2. The molecule has 0 unspecified atom stereocenters. The minimum Gasteiger partial charge on any atom is -0.316 e. The molecule has 0 spiro atoms. The highest BCUT2D eigenvalue weighted by molar-refractivity contribution is 7.16. The molecule has 0 aliphatic heterocycles. The molecule has 1 heterocycles. The molecular formula is C16H26ClNS. The van der Waals surface area contributed by atoms with Crippen LogP contribution in [0.2, 0.25) is 4.34 Å². The summed E-state index contributed by atoms with van der Waals surface area (Å²) in [7, 11) is 0. The molecule has 0 amide bonds. The molecule has 0 aromatic carbocycles. The molecule has 0 saturated heterocycles. The quantitative estimate of drug-likeness (QED) is 0.767. The fraction of sp³-hybridized carbons (Fsp3) is 0.750. The van der Waals surface area contributed by atoms with Gasteiger partial charge >= 0.3 is 0 Å². The predicted molar refractivity (Wildman–Crippen MR) is 86.3 cm³/mol. The molecule has 1 aromatic rings. The molecule has 108 valence electrons. The van der Waals surface area contributed by atoms with Crippen molar-refractivity contribution in [2.45, 2.75) is 52.4 Å². The summed E-state index contributed by atoms with van der Waals surface area (Å²) in [5.74, 6) is 0.733. The van der Waals surface area contributed by atoms with Crippen LogP contribution >= 0.6 is 22.9 Å². The van der Waals surface area contributed by atoms with Gasteiger partial charge in [0.15, 0.2) is 0 Å². The molecular weight excluding hydrogens is 274 g/mol. The fourth-order valence-electron chi connectivity index (χ4n) is 3.16. The average Bonchev–Trinajstić information content (AvgIpc) is 2.75. The second-order valence-electron chi connectivity index (χ2n) is 6.47. The fourth-order valence-corrected chi connectivity index (χ4v) is 4.42. The highest BCUT2D eigenvalue weighted by atomic mass is 35.5. The van der Waals surface area contributed by atoms with Gasteiger partial charge in [-0.1, -0.05) is 44.7 Å². The monoisotopic (exact) mass is 299 g/mol. The molecule has 1 nitrogen and oxygen atoms in total. The minimum atomic E-state index is 0.474. The molecule has 1 N–H and O–H groups in total. The summed E-state index contributed by atoms with van der Waals surface area (Å²) < 4.78 is 0.927. The van der Waals surface area contributed by atoms with Crippen molar-refractivity contribution in [2.24, 2.45) is 11.3 Å². The molecule has 0 bridgehead atoms. The van der Waals surface area contributed by atoms with Gasteiger partial charge in [-0.25, -0.2) is 0 Å². The van der Waals surface area contributed by atoms with E-state index in [0.717, 1.165) is 16.8 Å². The first-order valence-electron chi connectivity index (χ1n) is 7.55. The summed E-state index contributed by atoms with van der Waals surface area (Å²) in [4.78, 5) is 1.46. The highest BCUT2D eigenvalue weighted by Crippen LogP contribution is 2.40. The Hall–Kier alpha value is -0.0500. The molecule has 1 fully saturated rings. The number of rotatable bonds is 6. The summed E-state index contributed by atoms with van der Waals surface area (Å²) in [5, 5.41) is 3.69. The molecule has 2 rings (SSSR count). The van der Waals surface area contributed by atoms with Crippen molar-refractivity contribution < 1.29 is 0 Å². The van der Waals surface area contributed by atoms with Crippen molar-refractivity contribution in [2.75, 3.05) is 13.1 Å². The Balaban J connectivity index is 1.97. The average molecular weight is 300 g/mol. The van der Waals surface area contributed by atoms with E-state index in [9.17, 15) is 0 Å². The van der Waals surface area contributed by atoms with Gasteiger partial charge in [0.25, 0.3) is 0 Å². The van der Waals surface area contributed by atoms with Crippen LogP contribution in [0.5, 0.6) is 0 Å². The van der Waals surface area contributed by atoms with Gasteiger partial charge in [-0.15, -0.1) is 11.3 Å². The summed E-state index contributed by atoms with van der Waals surface area (Å²) >= 11 is 7.83. The lowest BCUT2D eigenvalue weighted by Gasteiger charge is -2.37. The maximum atomic E-state index is 6.07. The Morgan fingerprint density at radius 1 is 1.26 bits per heavy atom. The van der Waals surface area contributed by atoms with E-state index in [1.54, 1.807) is 11.3 Å². The standard InChI is InChI=1S/C16H26ClNS/c1-13(2)11-18-12-16(8-4-3-5-9-16)10-14-6-7-15(17)19-14/h6-7,13,18H,3-5,8-12H2,1-2H3. The van der Waals surface area contributed by atoms with Crippen LogP contribution in [0.25, 0.3) is 0 Å². The Kier molecular flexibility index (Phi) is 5.73. The lowest BCUT2D eigenvalue weighted by molar-refractivity contribution is 0.180. The van der Waals surface area contributed by atoms with Crippen LogP contribution in [0, 0.1) is 11.3 Å². The summed E-state index contributed by atoms with van der Waals surface area (Å²) in [6.07, 6.45) is 8.14. The van der Waals surface area contributed by atoms with Crippen LogP contribution in [0.15, 0.2) is 12.1 Å². The van der Waals surface area contributed by atoms with E-state index in [4.69, 9.17) is 11.6 Å². The Morgan fingerprint density at radius 3 is 2.58 bits per heavy atom. The van der Waals surface area contributed by atoms with Gasteiger partial charge in [0.2, 0.25) is 0 Å². The third-order valence-electron chi connectivity index (χ3n) is 4.14. The molecule has 1 aliphatic rings. The topological polar surface area (TPSA) is 12.0 Å². The first-order chi connectivity index (χ1) is 9.10. The Labute approximate surface area is 126 Å². The number of hydrogen-bond donors (Lipinski definition) is 1. The second kappa shape index (κ2) is 7.10. The maximum Gasteiger partial charge on any atom is 0.0931 e. The van der Waals surface area contributed by atoms with E-state index < -0.39 is 0 Å². The van der Waals surface area contributed by atoms with E-state index in [0.29, 0.717) is 5.41 Å². The van der Waals surface area contributed by atoms with Gasteiger partial charge < -0.3 is 5.32 Å². The van der Waals surface area contributed by atoms with Crippen molar-refractivity contribution in [3.8, 4) is 0 Å². The Morgan fingerprint density at radius 2 is 2.00 bits per heavy atom. The smallest absolute Gasteiger partial charge is 0.0931 e. The van der Waals surface area contributed by atoms with Crippen LogP contribution in [-0.4, -0.2) is 13.1 Å². The van der Waals surface area contributed by atoms with Crippen LogP contribution in [-0.2, 0) is 6.42 Å². The van der Waals surface area contributed by atoms with Crippen LogP contribution in [0.1, 0.15) is 50.8 Å². The van der Waals surface area contributed by atoms with Gasteiger partial charge in [0.05, 0.1) is 4.34 Å². The largest absolute Gasteiger partial charge is 0.316 e. The molecule has 3 heteroatoms. The van der Waals surface area contributed by atoms with Gasteiger partial charge in [-0.3, -0.25) is 0 Å². The highest BCUT2D eigenvalue weighted by Gasteiger charge is 2.32. The molecule has 1 aromatic heterocycles.